The van der Waals surface area contributed by atoms with E-state index >= 15 is 0 Å². The number of benzene rings is 1. The zero-order valence-corrected chi connectivity index (χ0v) is 14.5. The maximum absolute atomic E-state index is 6.55. The van der Waals surface area contributed by atoms with Crippen molar-refractivity contribution >= 4 is 17.3 Å². The van der Waals surface area contributed by atoms with E-state index in [1.807, 2.05) is 6.07 Å². The van der Waals surface area contributed by atoms with Gasteiger partial charge in [-0.15, -0.1) is 0 Å². The summed E-state index contributed by atoms with van der Waals surface area (Å²) in [6.07, 6.45) is 1.18. The Bertz CT molecular complexity index is 461. The van der Waals surface area contributed by atoms with Crippen molar-refractivity contribution < 1.29 is 0 Å². The summed E-state index contributed by atoms with van der Waals surface area (Å²) in [5, 5.41) is 4.38. The van der Waals surface area contributed by atoms with Crippen LogP contribution in [0.25, 0.3) is 0 Å². The van der Waals surface area contributed by atoms with Crippen LogP contribution in [-0.4, -0.2) is 43.7 Å². The first-order chi connectivity index (χ1) is 9.99. The van der Waals surface area contributed by atoms with Gasteiger partial charge in [0.2, 0.25) is 0 Å². The molecule has 1 atom stereocenters. The second-order valence-electron chi connectivity index (χ2n) is 6.44. The van der Waals surface area contributed by atoms with E-state index in [1.54, 1.807) is 0 Å². The van der Waals surface area contributed by atoms with Gasteiger partial charge in [0, 0.05) is 31.7 Å². The van der Waals surface area contributed by atoms with E-state index in [4.69, 9.17) is 11.6 Å². The number of halogens is 1. The minimum absolute atomic E-state index is 0.476. The second-order valence-corrected chi connectivity index (χ2v) is 6.85. The topological polar surface area (TPSA) is 18.5 Å². The highest BCUT2D eigenvalue weighted by Gasteiger charge is 2.23. The molecule has 4 heteroatoms. The lowest BCUT2D eigenvalue weighted by Gasteiger charge is -2.33. The summed E-state index contributed by atoms with van der Waals surface area (Å²) in [5.74, 6) is 0. The van der Waals surface area contributed by atoms with Gasteiger partial charge >= 0.3 is 0 Å². The third kappa shape index (κ3) is 4.35. The first-order valence-electron chi connectivity index (χ1n) is 7.95. The van der Waals surface area contributed by atoms with E-state index in [1.165, 1.54) is 17.7 Å². The van der Waals surface area contributed by atoms with Gasteiger partial charge in [-0.2, -0.15) is 0 Å². The fourth-order valence-electron chi connectivity index (χ4n) is 3.04. The quantitative estimate of drug-likeness (QED) is 0.920. The molecule has 1 aliphatic rings. The molecule has 1 heterocycles. The monoisotopic (exact) mass is 309 g/mol. The molecule has 0 spiro atoms. The molecule has 21 heavy (non-hydrogen) atoms. The van der Waals surface area contributed by atoms with Gasteiger partial charge in [-0.05, 0) is 38.6 Å². The van der Waals surface area contributed by atoms with Gasteiger partial charge in [-0.25, -0.2) is 0 Å². The summed E-state index contributed by atoms with van der Waals surface area (Å²) in [7, 11) is 2.20. The minimum atomic E-state index is 0.476. The number of nitrogens with one attached hydrogen (secondary N) is 1. The molecule has 0 amide bonds. The van der Waals surface area contributed by atoms with Crippen molar-refractivity contribution in [2.75, 3.05) is 31.6 Å². The fourth-order valence-corrected chi connectivity index (χ4v) is 3.35. The smallest absolute Gasteiger partial charge is 0.0643 e. The summed E-state index contributed by atoms with van der Waals surface area (Å²) in [6.45, 7) is 10.8. The number of likely N-dealkylation sites (N-methyl/N-ethyl adjacent to an activating group) is 1. The van der Waals surface area contributed by atoms with Crippen molar-refractivity contribution in [1.29, 1.82) is 0 Å². The van der Waals surface area contributed by atoms with Gasteiger partial charge in [-0.1, -0.05) is 37.6 Å². The SMILES string of the molecule is CC(C)NCc1cccc(Cl)c1N1CCCN(C)CC1C. The zero-order valence-electron chi connectivity index (χ0n) is 13.7. The van der Waals surface area contributed by atoms with Crippen LogP contribution in [0.15, 0.2) is 18.2 Å². The van der Waals surface area contributed by atoms with E-state index in [2.05, 4.69) is 55.1 Å². The van der Waals surface area contributed by atoms with Crippen molar-refractivity contribution in [2.24, 2.45) is 0 Å². The van der Waals surface area contributed by atoms with Crippen molar-refractivity contribution in [1.82, 2.24) is 10.2 Å². The highest BCUT2D eigenvalue weighted by Crippen LogP contribution is 2.32. The minimum Gasteiger partial charge on any atom is -0.366 e. The molecule has 1 fully saturated rings. The molecular weight excluding hydrogens is 282 g/mol. The van der Waals surface area contributed by atoms with E-state index < -0.39 is 0 Å². The summed E-state index contributed by atoms with van der Waals surface area (Å²) in [6, 6.07) is 7.21. The first kappa shape index (κ1) is 16.6. The summed E-state index contributed by atoms with van der Waals surface area (Å²) in [4.78, 5) is 4.90. The van der Waals surface area contributed by atoms with Crippen LogP contribution < -0.4 is 10.2 Å². The van der Waals surface area contributed by atoms with Crippen LogP contribution >= 0.6 is 11.6 Å². The fraction of sp³-hybridized carbons (Fsp3) is 0.647. The Hall–Kier alpha value is -0.770. The van der Waals surface area contributed by atoms with Crippen molar-refractivity contribution in [3.8, 4) is 0 Å². The first-order valence-corrected chi connectivity index (χ1v) is 8.32. The van der Waals surface area contributed by atoms with Crippen LogP contribution in [0.2, 0.25) is 5.02 Å². The zero-order chi connectivity index (χ0) is 15.4. The molecule has 0 saturated carbocycles. The molecular formula is C17H28ClN3. The molecule has 0 aliphatic carbocycles. The molecule has 118 valence electrons. The molecule has 1 aromatic rings. The third-order valence-electron chi connectivity index (χ3n) is 4.11. The van der Waals surface area contributed by atoms with E-state index in [-0.39, 0.29) is 0 Å². The lowest BCUT2D eigenvalue weighted by molar-refractivity contribution is 0.337. The Labute approximate surface area is 134 Å². The molecule has 0 radical (unpaired) electrons. The lowest BCUT2D eigenvalue weighted by atomic mass is 10.1. The maximum Gasteiger partial charge on any atom is 0.0643 e. The van der Waals surface area contributed by atoms with Gasteiger partial charge in [0.25, 0.3) is 0 Å². The normalized spacial score (nSPS) is 20.9. The van der Waals surface area contributed by atoms with Crippen LogP contribution in [0.3, 0.4) is 0 Å². The van der Waals surface area contributed by atoms with Crippen molar-refractivity contribution in [3.63, 3.8) is 0 Å². The molecule has 0 bridgehead atoms. The maximum atomic E-state index is 6.55. The van der Waals surface area contributed by atoms with E-state index in [0.29, 0.717) is 12.1 Å². The van der Waals surface area contributed by atoms with Crippen LogP contribution in [-0.2, 0) is 6.54 Å². The Kier molecular flexibility index (Phi) is 5.91. The molecule has 0 aromatic heterocycles. The highest BCUT2D eigenvalue weighted by atomic mass is 35.5. The van der Waals surface area contributed by atoms with E-state index in [0.717, 1.165) is 31.2 Å². The standard InChI is InChI=1S/C17H28ClN3/c1-13(2)19-11-15-7-5-8-16(18)17(15)21-10-6-9-20(4)12-14(21)3/h5,7-8,13-14,19H,6,9-12H2,1-4H3. The summed E-state index contributed by atoms with van der Waals surface area (Å²) in [5.41, 5.74) is 2.52. The number of hydrogen-bond donors (Lipinski definition) is 1. The summed E-state index contributed by atoms with van der Waals surface area (Å²) < 4.78 is 0. The number of para-hydroxylation sites is 1. The Balaban J connectivity index is 2.28. The highest BCUT2D eigenvalue weighted by molar-refractivity contribution is 6.33. The molecule has 1 unspecified atom stereocenters. The van der Waals surface area contributed by atoms with E-state index in [9.17, 15) is 0 Å². The average Bonchev–Trinajstić information content (AvgIpc) is 2.57. The second kappa shape index (κ2) is 7.48. The van der Waals surface area contributed by atoms with Gasteiger partial charge in [0.05, 0.1) is 10.7 Å². The molecule has 1 aromatic carbocycles. The Morgan fingerprint density at radius 2 is 2.10 bits per heavy atom. The van der Waals surface area contributed by atoms with Crippen molar-refractivity contribution in [3.05, 3.63) is 28.8 Å². The molecule has 2 rings (SSSR count). The number of hydrogen-bond acceptors (Lipinski definition) is 3. The summed E-state index contributed by atoms with van der Waals surface area (Å²) >= 11 is 6.55. The number of nitrogens with zero attached hydrogens (tertiary/aromatic N) is 2. The molecule has 1 saturated heterocycles. The number of rotatable bonds is 4. The van der Waals surface area contributed by atoms with Crippen LogP contribution in [0.1, 0.15) is 32.8 Å². The molecule has 3 nitrogen and oxygen atoms in total. The van der Waals surface area contributed by atoms with Crippen LogP contribution in [0, 0.1) is 0 Å². The van der Waals surface area contributed by atoms with Gasteiger partial charge < -0.3 is 15.1 Å². The predicted molar refractivity (Wildman–Crippen MR) is 92.3 cm³/mol. The largest absolute Gasteiger partial charge is 0.366 e. The third-order valence-corrected chi connectivity index (χ3v) is 4.41. The number of anilines is 1. The van der Waals surface area contributed by atoms with Crippen LogP contribution in [0.4, 0.5) is 5.69 Å². The van der Waals surface area contributed by atoms with Gasteiger partial charge in [0.1, 0.15) is 0 Å². The van der Waals surface area contributed by atoms with Gasteiger partial charge in [-0.3, -0.25) is 0 Å². The Morgan fingerprint density at radius 1 is 1.33 bits per heavy atom. The predicted octanol–water partition coefficient (Wildman–Crippen LogP) is 3.37. The molecule has 1 aliphatic heterocycles. The van der Waals surface area contributed by atoms with Crippen molar-refractivity contribution in [2.45, 2.75) is 45.8 Å². The van der Waals surface area contributed by atoms with Gasteiger partial charge in [0.15, 0.2) is 0 Å². The molecule has 1 N–H and O–H groups in total. The van der Waals surface area contributed by atoms with Crippen LogP contribution in [0.5, 0.6) is 0 Å². The average molecular weight is 310 g/mol. The lowest BCUT2D eigenvalue weighted by Crippen LogP contribution is -2.39. The Morgan fingerprint density at radius 3 is 2.81 bits per heavy atom.